The summed E-state index contributed by atoms with van der Waals surface area (Å²) in [6.45, 7) is 86.5. The molecule has 0 fully saturated rings. The zero-order chi connectivity index (χ0) is 96.3. The second-order valence-corrected chi connectivity index (χ2v) is 43.3. The Kier molecular flexibility index (Phi) is 34.6. The minimum absolute atomic E-state index is 0. The monoisotopic (exact) mass is 1840 g/mol. The average Bonchev–Trinajstić information content (AvgIpc) is 0.737. The summed E-state index contributed by atoms with van der Waals surface area (Å²) in [5.41, 5.74) is 31.6. The van der Waals surface area contributed by atoms with Gasteiger partial charge in [-0.05, 0) is 207 Å². The second kappa shape index (κ2) is 42.2. The smallest absolute Gasteiger partial charge is 0.545 e. The number of fused-ring (bicyclic) bond motifs is 8. The van der Waals surface area contributed by atoms with Gasteiger partial charge in [-0.3, -0.25) is 0 Å². The molecule has 0 aliphatic carbocycles. The summed E-state index contributed by atoms with van der Waals surface area (Å²) in [6.07, 6.45) is 2.24. The van der Waals surface area contributed by atoms with Gasteiger partial charge in [0.15, 0.2) is 0 Å². The van der Waals surface area contributed by atoms with Crippen LogP contribution in [-0.2, 0) is 46.7 Å². The number of carboxylic acids is 4. The van der Waals surface area contributed by atoms with Crippen LogP contribution in [-0.4, -0.2) is 23.9 Å². The Morgan fingerprint density at radius 3 is 0.426 bits per heavy atom. The number of carbonyl (C=O) groups is 4. The molecule has 0 saturated heterocycles. The minimum Gasteiger partial charge on any atom is -0.545 e. The first-order chi connectivity index (χ1) is 59.5. The molecule has 12 nitrogen and oxygen atoms in total. The Labute approximate surface area is 791 Å². The SMILES string of the molecule is CC(C)c1ccc2c(c1C(C)C)Oc1c(c(C(=O)[O-])c(C(C)C)c(C(C)C)c1C(C)C)C2.CC(C)c1ccc2c(c1C(C)C)Oc1c(c(C(=O)[O-])c(C(C)C)c(C(C)C)c1C(C)C)C2.CC(C)c1ccc2c(c1C(C)C)Oc1c(c(C(=O)[O-])c(C(C)C)c(C(C)C)c1C(C)C)C2.CC(C)c1ccc2c(c1C(C)C)Oc1c(c(C(=O)[O-])c(C(C)C)c(C(C)C)c1C(C)C)C2.[Mo+4]. The quantitative estimate of drug-likeness (QED) is 0.0520. The molecule has 0 atom stereocenters. The molecule has 4 heterocycles. The van der Waals surface area contributed by atoms with Gasteiger partial charge in [0.1, 0.15) is 46.0 Å². The van der Waals surface area contributed by atoms with E-state index in [0.29, 0.717) is 95.3 Å². The van der Waals surface area contributed by atoms with Crippen LogP contribution >= 0.6 is 0 Å². The maximum absolute atomic E-state index is 12.5. The van der Waals surface area contributed by atoms with Crippen molar-refractivity contribution in [1.29, 1.82) is 0 Å². The molecule has 0 bridgehead atoms. The third kappa shape index (κ3) is 20.5. The van der Waals surface area contributed by atoms with Gasteiger partial charge in [0.25, 0.3) is 0 Å². The number of carbonyl (C=O) groups excluding carboxylic acids is 4. The van der Waals surface area contributed by atoms with Crippen LogP contribution in [0.1, 0.15) is 593 Å². The average molecular weight is 1840 g/mol. The maximum atomic E-state index is 12.5. The summed E-state index contributed by atoms with van der Waals surface area (Å²) in [7, 11) is 0. The van der Waals surface area contributed by atoms with Gasteiger partial charge in [0, 0.05) is 115 Å². The van der Waals surface area contributed by atoms with Crippen molar-refractivity contribution in [2.45, 2.75) is 421 Å². The van der Waals surface area contributed by atoms with Crippen LogP contribution in [0, 0.1) is 0 Å². The number of ether oxygens (including phenoxy) is 4. The second-order valence-electron chi connectivity index (χ2n) is 43.3. The first-order valence-electron chi connectivity index (χ1n) is 48.6. The Hall–Kier alpha value is -8.47. The number of hydrogen-bond acceptors (Lipinski definition) is 12. The Bertz CT molecular complexity index is 4840. The molecule has 12 rings (SSSR count). The fourth-order valence-corrected chi connectivity index (χ4v) is 21.9. The van der Waals surface area contributed by atoms with E-state index in [2.05, 4.69) is 325 Å². The Morgan fingerprint density at radius 1 is 0.186 bits per heavy atom. The number of rotatable bonds is 24. The van der Waals surface area contributed by atoms with Crippen LogP contribution in [0.5, 0.6) is 46.0 Å². The Morgan fingerprint density at radius 2 is 0.318 bits per heavy atom. The number of hydrogen-bond donors (Lipinski definition) is 0. The molecular formula is C116H156MoO12. The molecule has 8 aromatic carbocycles. The summed E-state index contributed by atoms with van der Waals surface area (Å²) < 4.78 is 27.1. The summed E-state index contributed by atoms with van der Waals surface area (Å²) in [4.78, 5) is 50.1. The molecule has 129 heavy (non-hydrogen) atoms. The molecule has 0 N–H and O–H groups in total. The largest absolute Gasteiger partial charge is 4.00 e. The predicted molar refractivity (Wildman–Crippen MR) is 522 cm³/mol. The van der Waals surface area contributed by atoms with Crippen molar-refractivity contribution in [1.82, 2.24) is 0 Å². The van der Waals surface area contributed by atoms with Crippen molar-refractivity contribution in [2.75, 3.05) is 0 Å². The van der Waals surface area contributed by atoms with E-state index in [9.17, 15) is 39.6 Å². The van der Waals surface area contributed by atoms with Crippen LogP contribution in [0.25, 0.3) is 0 Å². The molecule has 0 aromatic heterocycles. The van der Waals surface area contributed by atoms with E-state index in [1.54, 1.807) is 0 Å². The van der Waals surface area contributed by atoms with Gasteiger partial charge in [-0.2, -0.15) is 0 Å². The zero-order valence-corrected chi connectivity index (χ0v) is 88.3. The number of aromatic carboxylic acids is 4. The molecule has 8 aromatic rings. The first-order valence-corrected chi connectivity index (χ1v) is 48.6. The van der Waals surface area contributed by atoms with Gasteiger partial charge in [-0.25, -0.2) is 0 Å². The molecular weight excluding hydrogens is 1680 g/mol. The third-order valence-electron chi connectivity index (χ3n) is 26.8. The summed E-state index contributed by atoms with van der Waals surface area (Å²) in [5.74, 6) is 7.05. The van der Waals surface area contributed by atoms with Crippen LogP contribution in [0.4, 0.5) is 0 Å². The zero-order valence-electron chi connectivity index (χ0n) is 86.3. The molecule has 13 heteroatoms. The molecule has 0 amide bonds. The van der Waals surface area contributed by atoms with Crippen molar-refractivity contribution in [3.05, 3.63) is 227 Å². The third-order valence-corrected chi connectivity index (χ3v) is 26.8. The van der Waals surface area contributed by atoms with Crippen LogP contribution < -0.4 is 39.4 Å². The topological polar surface area (TPSA) is 197 Å². The molecule has 0 saturated carbocycles. The first kappa shape index (κ1) is 106. The van der Waals surface area contributed by atoms with E-state index >= 15 is 0 Å². The fraction of sp³-hybridized carbons (Fsp3) is 0.552. The number of carboxylic acid groups (broad SMARTS) is 4. The van der Waals surface area contributed by atoms with E-state index in [1.807, 2.05) is 0 Å². The van der Waals surface area contributed by atoms with Crippen molar-refractivity contribution < 1.29 is 79.6 Å². The molecule has 698 valence electrons. The van der Waals surface area contributed by atoms with Gasteiger partial charge in [-0.15, -0.1) is 0 Å². The standard InChI is InChI=1S/4C29H40O3.Mo/c4*1-14(2)20-12-11-19-13-21-26(29(30)31)24(17(7)8)23(16(5)6)25(18(9)10)28(21)32-27(19)22(20)15(3)4;/h4*11-12,14-18H,13H2,1-10H3,(H,30,31);/q;;;;+4/p-4. The fourth-order valence-electron chi connectivity index (χ4n) is 21.9. The van der Waals surface area contributed by atoms with Gasteiger partial charge < -0.3 is 58.6 Å². The van der Waals surface area contributed by atoms with E-state index in [-0.39, 0.29) is 92.1 Å². The normalized spacial score (nSPS) is 13.1. The van der Waals surface area contributed by atoms with Gasteiger partial charge in [0.2, 0.25) is 0 Å². The van der Waals surface area contributed by atoms with E-state index < -0.39 is 23.9 Å². The Balaban J connectivity index is 0.000000212. The summed E-state index contributed by atoms with van der Waals surface area (Å²) >= 11 is 0. The predicted octanol–water partition coefficient (Wildman–Crippen LogP) is 29.5. The maximum Gasteiger partial charge on any atom is 4.00 e. The van der Waals surface area contributed by atoms with Gasteiger partial charge in [-0.1, -0.05) is 325 Å². The molecule has 4 aliphatic rings. The molecule has 4 aliphatic heterocycles. The van der Waals surface area contributed by atoms with Crippen LogP contribution in [0.15, 0.2) is 48.5 Å². The van der Waals surface area contributed by atoms with Crippen LogP contribution in [0.3, 0.4) is 0 Å². The summed E-state index contributed by atoms with van der Waals surface area (Å²) in [5, 5.41) is 50.1. The van der Waals surface area contributed by atoms with E-state index in [4.69, 9.17) is 18.9 Å². The van der Waals surface area contributed by atoms with Crippen molar-refractivity contribution >= 4 is 23.9 Å². The molecule has 0 radical (unpaired) electrons. The van der Waals surface area contributed by atoms with Crippen molar-refractivity contribution in [3.8, 4) is 46.0 Å². The van der Waals surface area contributed by atoms with Gasteiger partial charge in [0.05, 0.1) is 23.9 Å². The summed E-state index contributed by atoms with van der Waals surface area (Å²) in [6, 6.07) is 17.3. The number of benzene rings is 8. The van der Waals surface area contributed by atoms with Gasteiger partial charge >= 0.3 is 21.1 Å². The molecule has 0 unspecified atom stereocenters. The van der Waals surface area contributed by atoms with E-state index in [0.717, 1.165) is 157 Å². The van der Waals surface area contributed by atoms with E-state index in [1.165, 1.54) is 44.5 Å². The van der Waals surface area contributed by atoms with Crippen molar-refractivity contribution in [3.63, 3.8) is 0 Å². The minimum atomic E-state index is -1.10. The van der Waals surface area contributed by atoms with Crippen LogP contribution in [0.2, 0.25) is 0 Å². The molecule has 0 spiro atoms. The van der Waals surface area contributed by atoms with Crippen molar-refractivity contribution in [2.24, 2.45) is 0 Å².